The maximum Gasteiger partial charge on any atom is 0.416 e. The summed E-state index contributed by atoms with van der Waals surface area (Å²) in [5.41, 5.74) is -0.537. The van der Waals surface area contributed by atoms with Gasteiger partial charge in [-0.1, -0.05) is 35.9 Å². The van der Waals surface area contributed by atoms with Crippen molar-refractivity contribution >= 4 is 17.4 Å². The molecule has 0 bridgehead atoms. The zero-order valence-electron chi connectivity index (χ0n) is 13.1. The molecule has 0 unspecified atom stereocenters. The molecule has 0 atom stereocenters. The van der Waals surface area contributed by atoms with E-state index in [9.17, 15) is 27.9 Å². The topological polar surface area (TPSA) is 69.2 Å². The van der Waals surface area contributed by atoms with Crippen molar-refractivity contribution in [1.29, 1.82) is 0 Å². The second kappa shape index (κ2) is 7.21. The number of allylic oxidation sites excluding steroid dienone is 1. The number of aryl methyl sites for hydroxylation is 1. The van der Waals surface area contributed by atoms with E-state index in [0.717, 1.165) is 29.8 Å². The molecule has 0 amide bonds. The monoisotopic (exact) mass is 348 g/mol. The SMILES string of the molecule is Cc1ccc(C(=O)/C=C(\Nc2cccc(C(F)(F)F)c2)C(=O)[O-])cc1. The summed E-state index contributed by atoms with van der Waals surface area (Å²) >= 11 is 0. The number of nitrogens with one attached hydrogen (secondary N) is 1. The van der Waals surface area contributed by atoms with E-state index >= 15 is 0 Å². The number of benzene rings is 2. The van der Waals surface area contributed by atoms with Gasteiger partial charge >= 0.3 is 6.18 Å². The number of rotatable bonds is 5. The van der Waals surface area contributed by atoms with Gasteiger partial charge in [0, 0.05) is 17.3 Å². The van der Waals surface area contributed by atoms with E-state index in [-0.39, 0.29) is 11.3 Å². The zero-order chi connectivity index (χ0) is 18.6. The lowest BCUT2D eigenvalue weighted by atomic mass is 10.1. The van der Waals surface area contributed by atoms with E-state index in [2.05, 4.69) is 5.32 Å². The Balaban J connectivity index is 2.28. The second-order valence-corrected chi connectivity index (χ2v) is 5.28. The van der Waals surface area contributed by atoms with Crippen LogP contribution in [0.5, 0.6) is 0 Å². The van der Waals surface area contributed by atoms with Crippen LogP contribution in [-0.4, -0.2) is 11.8 Å². The van der Waals surface area contributed by atoms with Crippen LogP contribution >= 0.6 is 0 Å². The van der Waals surface area contributed by atoms with Gasteiger partial charge < -0.3 is 15.2 Å². The molecule has 0 fully saturated rings. The molecule has 0 saturated heterocycles. The first-order chi connectivity index (χ1) is 11.7. The average Bonchev–Trinajstić information content (AvgIpc) is 2.54. The van der Waals surface area contributed by atoms with Gasteiger partial charge in [-0.15, -0.1) is 0 Å². The highest BCUT2D eigenvalue weighted by atomic mass is 19.4. The summed E-state index contributed by atoms with van der Waals surface area (Å²) in [7, 11) is 0. The molecule has 0 radical (unpaired) electrons. The molecule has 0 aliphatic heterocycles. The zero-order valence-corrected chi connectivity index (χ0v) is 13.1. The highest BCUT2D eigenvalue weighted by molar-refractivity contribution is 6.08. The van der Waals surface area contributed by atoms with Crippen LogP contribution in [0.15, 0.2) is 60.3 Å². The lowest BCUT2D eigenvalue weighted by Crippen LogP contribution is -2.29. The predicted molar refractivity (Wildman–Crippen MR) is 83.7 cm³/mol. The summed E-state index contributed by atoms with van der Waals surface area (Å²) in [6.45, 7) is 1.83. The molecule has 0 heterocycles. The highest BCUT2D eigenvalue weighted by Crippen LogP contribution is 2.30. The molecule has 0 aliphatic carbocycles. The molecule has 130 valence electrons. The first-order valence-electron chi connectivity index (χ1n) is 7.15. The van der Waals surface area contributed by atoms with Gasteiger partial charge in [0.25, 0.3) is 0 Å². The Morgan fingerprint density at radius 2 is 1.72 bits per heavy atom. The first kappa shape index (κ1) is 18.3. The lowest BCUT2D eigenvalue weighted by molar-refractivity contribution is -0.299. The standard InChI is InChI=1S/C18H14F3NO3/c1-11-5-7-12(8-6-11)16(23)10-15(17(24)25)22-14-4-2-3-13(9-14)18(19,20)21/h2-10,22H,1H3,(H,24,25)/p-1/b15-10-. The quantitative estimate of drug-likeness (QED) is 0.666. The normalized spacial score (nSPS) is 11.9. The third kappa shape index (κ3) is 4.94. The summed E-state index contributed by atoms with van der Waals surface area (Å²) in [6.07, 6.45) is -3.79. The number of carbonyl (C=O) groups excluding carboxylic acids is 2. The fourth-order valence-corrected chi connectivity index (χ4v) is 2.01. The van der Waals surface area contributed by atoms with Gasteiger partial charge in [-0.3, -0.25) is 4.79 Å². The minimum absolute atomic E-state index is 0.123. The molecule has 0 aromatic heterocycles. The Kier molecular flexibility index (Phi) is 5.26. The van der Waals surface area contributed by atoms with E-state index in [1.165, 1.54) is 18.2 Å². The van der Waals surface area contributed by atoms with Gasteiger partial charge in [0.05, 0.1) is 17.2 Å². The molecule has 25 heavy (non-hydrogen) atoms. The maximum absolute atomic E-state index is 12.7. The van der Waals surface area contributed by atoms with Crippen molar-refractivity contribution in [2.75, 3.05) is 5.32 Å². The number of hydrogen-bond acceptors (Lipinski definition) is 4. The molecule has 4 nitrogen and oxygen atoms in total. The molecule has 0 aliphatic rings. The van der Waals surface area contributed by atoms with Crippen LogP contribution in [-0.2, 0) is 11.0 Å². The van der Waals surface area contributed by atoms with Gasteiger partial charge in [-0.05, 0) is 25.1 Å². The van der Waals surface area contributed by atoms with E-state index in [1.54, 1.807) is 12.1 Å². The molecular formula is C18H13F3NO3-. The Hall–Kier alpha value is -3.09. The smallest absolute Gasteiger partial charge is 0.416 e. The Morgan fingerprint density at radius 3 is 2.28 bits per heavy atom. The van der Waals surface area contributed by atoms with E-state index in [0.29, 0.717) is 0 Å². The van der Waals surface area contributed by atoms with Crippen LogP contribution in [0.25, 0.3) is 0 Å². The first-order valence-corrected chi connectivity index (χ1v) is 7.15. The fraction of sp³-hybridized carbons (Fsp3) is 0.111. The molecule has 7 heteroatoms. The number of carboxylic acid groups (broad SMARTS) is 1. The number of anilines is 1. The number of carboxylic acids is 1. The van der Waals surface area contributed by atoms with Gasteiger partial charge in [0.2, 0.25) is 0 Å². The predicted octanol–water partition coefficient (Wildman–Crippen LogP) is 2.94. The summed E-state index contributed by atoms with van der Waals surface area (Å²) in [5, 5.41) is 13.5. The van der Waals surface area contributed by atoms with Crippen molar-refractivity contribution in [3.8, 4) is 0 Å². The Morgan fingerprint density at radius 1 is 1.08 bits per heavy atom. The molecule has 2 aromatic carbocycles. The Labute approximate surface area is 141 Å². The number of halogens is 3. The summed E-state index contributed by atoms with van der Waals surface area (Å²) in [6, 6.07) is 10.4. The molecule has 2 aromatic rings. The third-order valence-electron chi connectivity index (χ3n) is 3.30. The van der Waals surface area contributed by atoms with Crippen LogP contribution in [0.2, 0.25) is 0 Å². The van der Waals surface area contributed by atoms with Crippen molar-refractivity contribution < 1.29 is 27.9 Å². The van der Waals surface area contributed by atoms with Gasteiger partial charge in [-0.25, -0.2) is 0 Å². The minimum Gasteiger partial charge on any atom is -0.543 e. The van der Waals surface area contributed by atoms with Crippen molar-refractivity contribution in [3.63, 3.8) is 0 Å². The Bertz CT molecular complexity index is 824. The van der Waals surface area contributed by atoms with Crippen LogP contribution in [0.3, 0.4) is 0 Å². The molecule has 0 saturated carbocycles. The van der Waals surface area contributed by atoms with Crippen molar-refractivity contribution in [2.24, 2.45) is 0 Å². The number of ketones is 1. The molecule has 0 spiro atoms. The van der Waals surface area contributed by atoms with Crippen molar-refractivity contribution in [3.05, 3.63) is 77.0 Å². The third-order valence-corrected chi connectivity index (χ3v) is 3.30. The number of hydrogen-bond donors (Lipinski definition) is 1. The fourth-order valence-electron chi connectivity index (χ4n) is 2.01. The molecule has 2 rings (SSSR count). The van der Waals surface area contributed by atoms with Gasteiger partial charge in [0.1, 0.15) is 0 Å². The molecular weight excluding hydrogens is 335 g/mol. The van der Waals surface area contributed by atoms with E-state index < -0.39 is 29.2 Å². The number of aliphatic carboxylic acids is 1. The average molecular weight is 348 g/mol. The summed E-state index contributed by atoms with van der Waals surface area (Å²) in [4.78, 5) is 23.3. The largest absolute Gasteiger partial charge is 0.543 e. The summed E-state index contributed by atoms with van der Waals surface area (Å²) < 4.78 is 38.1. The summed E-state index contributed by atoms with van der Waals surface area (Å²) in [5.74, 6) is -2.32. The van der Waals surface area contributed by atoms with Crippen LogP contribution in [0, 0.1) is 6.92 Å². The molecule has 1 N–H and O–H groups in total. The van der Waals surface area contributed by atoms with Gasteiger partial charge in [0.15, 0.2) is 5.78 Å². The van der Waals surface area contributed by atoms with Crippen molar-refractivity contribution in [2.45, 2.75) is 13.1 Å². The highest BCUT2D eigenvalue weighted by Gasteiger charge is 2.30. The second-order valence-electron chi connectivity index (χ2n) is 5.28. The van der Waals surface area contributed by atoms with Crippen LogP contribution in [0.1, 0.15) is 21.5 Å². The lowest BCUT2D eigenvalue weighted by Gasteiger charge is -2.14. The van der Waals surface area contributed by atoms with E-state index in [4.69, 9.17) is 0 Å². The number of alkyl halides is 3. The van der Waals surface area contributed by atoms with E-state index in [1.807, 2.05) is 6.92 Å². The minimum atomic E-state index is -4.57. The van der Waals surface area contributed by atoms with Gasteiger partial charge in [-0.2, -0.15) is 13.2 Å². The maximum atomic E-state index is 12.7. The van der Waals surface area contributed by atoms with Crippen molar-refractivity contribution in [1.82, 2.24) is 0 Å². The van der Waals surface area contributed by atoms with Crippen LogP contribution in [0.4, 0.5) is 18.9 Å². The van der Waals surface area contributed by atoms with Crippen LogP contribution < -0.4 is 10.4 Å². The number of carbonyl (C=O) groups is 2.